The van der Waals surface area contributed by atoms with Crippen LogP contribution >= 0.6 is 0 Å². The van der Waals surface area contributed by atoms with Crippen LogP contribution in [-0.2, 0) is 6.42 Å². The maximum atomic E-state index is 5.99. The van der Waals surface area contributed by atoms with Crippen molar-refractivity contribution in [1.82, 2.24) is 24.5 Å². The molecule has 7 nitrogen and oxygen atoms in total. The molecular formula is C18H25N7. The summed E-state index contributed by atoms with van der Waals surface area (Å²) in [5.74, 6) is 0.913. The number of nitrogens with one attached hydrogen (secondary N) is 1. The van der Waals surface area contributed by atoms with E-state index in [1.165, 1.54) is 11.1 Å². The van der Waals surface area contributed by atoms with Crippen LogP contribution in [0.5, 0.6) is 0 Å². The van der Waals surface area contributed by atoms with E-state index in [4.69, 9.17) is 5.73 Å². The van der Waals surface area contributed by atoms with Gasteiger partial charge in [0.1, 0.15) is 0 Å². The number of hydrogen-bond donors (Lipinski definition) is 2. The molecule has 0 aliphatic rings. The highest BCUT2D eigenvalue weighted by Gasteiger charge is 2.12. The Bertz CT molecular complexity index is 862. The van der Waals surface area contributed by atoms with Gasteiger partial charge in [0.05, 0.1) is 11.9 Å². The van der Waals surface area contributed by atoms with E-state index >= 15 is 0 Å². The second-order valence-corrected chi connectivity index (χ2v) is 6.71. The molecule has 0 saturated carbocycles. The zero-order valence-corrected chi connectivity index (χ0v) is 15.2. The average Bonchev–Trinajstić information content (AvgIpc) is 2.93. The largest absolute Gasteiger partial charge is 0.381 e. The fraction of sp³-hybridized carbons (Fsp3) is 0.389. The van der Waals surface area contributed by atoms with Crippen molar-refractivity contribution in [2.45, 2.75) is 26.7 Å². The Labute approximate surface area is 147 Å². The fourth-order valence-electron chi connectivity index (χ4n) is 2.91. The lowest BCUT2D eigenvalue weighted by Crippen LogP contribution is -2.14. The molecule has 0 aliphatic carbocycles. The smallest absolute Gasteiger partial charge is 0.247 e. The molecule has 2 aromatic heterocycles. The lowest BCUT2D eigenvalue weighted by Gasteiger charge is -2.09. The van der Waals surface area contributed by atoms with Crippen molar-refractivity contribution < 1.29 is 0 Å². The Kier molecular flexibility index (Phi) is 4.85. The van der Waals surface area contributed by atoms with Gasteiger partial charge in [-0.05, 0) is 70.6 Å². The van der Waals surface area contributed by atoms with Crippen molar-refractivity contribution in [3.05, 3.63) is 41.2 Å². The van der Waals surface area contributed by atoms with E-state index in [-0.39, 0.29) is 0 Å². The predicted octanol–water partition coefficient (Wildman–Crippen LogP) is 2.56. The highest BCUT2D eigenvalue weighted by atomic mass is 15.4. The number of hydrogen-bond acceptors (Lipinski definition) is 6. The molecule has 25 heavy (non-hydrogen) atoms. The number of fused-ring (bicyclic) bond motifs is 1. The van der Waals surface area contributed by atoms with Crippen molar-refractivity contribution in [1.29, 1.82) is 0 Å². The van der Waals surface area contributed by atoms with Gasteiger partial charge in [-0.2, -0.15) is 4.98 Å². The molecule has 0 spiro atoms. The number of nitrogens with two attached hydrogens (primary N) is 1. The molecular weight excluding hydrogens is 314 g/mol. The first-order valence-corrected chi connectivity index (χ1v) is 8.42. The third-order valence-corrected chi connectivity index (χ3v) is 3.98. The number of rotatable bonds is 6. The van der Waals surface area contributed by atoms with Gasteiger partial charge < -0.3 is 16.0 Å². The predicted molar refractivity (Wildman–Crippen MR) is 101 cm³/mol. The maximum absolute atomic E-state index is 5.99. The van der Waals surface area contributed by atoms with Gasteiger partial charge in [-0.15, -0.1) is 5.10 Å². The summed E-state index contributed by atoms with van der Waals surface area (Å²) in [6.07, 6.45) is 3.68. The highest BCUT2D eigenvalue weighted by molar-refractivity contribution is 5.64. The van der Waals surface area contributed by atoms with E-state index in [0.717, 1.165) is 30.8 Å². The molecule has 1 aromatic carbocycles. The highest BCUT2D eigenvalue weighted by Crippen LogP contribution is 2.20. The summed E-state index contributed by atoms with van der Waals surface area (Å²) in [5.41, 5.74) is 10.9. The lowest BCUT2D eigenvalue weighted by molar-refractivity contribution is 0.399. The molecule has 2 heterocycles. The molecule has 3 rings (SSSR count). The molecule has 0 amide bonds. The summed E-state index contributed by atoms with van der Waals surface area (Å²) >= 11 is 0. The SMILES string of the molecule is Cc1cc(C)cc(Nc2nc3c(N)ncc(CCCN(C)C)n3n2)c1. The number of anilines is 3. The summed E-state index contributed by atoms with van der Waals surface area (Å²) in [4.78, 5) is 10.9. The Balaban J connectivity index is 1.88. The molecule has 0 aliphatic heterocycles. The van der Waals surface area contributed by atoms with Crippen LogP contribution in [-0.4, -0.2) is 45.1 Å². The van der Waals surface area contributed by atoms with E-state index in [9.17, 15) is 0 Å². The van der Waals surface area contributed by atoms with Crippen molar-refractivity contribution in [3.8, 4) is 0 Å². The summed E-state index contributed by atoms with van der Waals surface area (Å²) in [6, 6.07) is 6.27. The van der Waals surface area contributed by atoms with Crippen LogP contribution in [0.3, 0.4) is 0 Å². The molecule has 3 aromatic rings. The molecule has 0 saturated heterocycles. The number of benzene rings is 1. The van der Waals surface area contributed by atoms with Crippen LogP contribution in [0, 0.1) is 13.8 Å². The van der Waals surface area contributed by atoms with E-state index in [2.05, 4.69) is 71.4 Å². The molecule has 0 bridgehead atoms. The second kappa shape index (κ2) is 7.06. The molecule has 0 fully saturated rings. The summed E-state index contributed by atoms with van der Waals surface area (Å²) in [7, 11) is 4.14. The van der Waals surface area contributed by atoms with Gasteiger partial charge in [0.2, 0.25) is 5.95 Å². The zero-order valence-electron chi connectivity index (χ0n) is 15.2. The van der Waals surface area contributed by atoms with Crippen LogP contribution in [0.15, 0.2) is 24.4 Å². The van der Waals surface area contributed by atoms with Crippen molar-refractivity contribution in [3.63, 3.8) is 0 Å². The van der Waals surface area contributed by atoms with Crippen LogP contribution in [0.4, 0.5) is 17.5 Å². The Hall–Kier alpha value is -2.67. The zero-order chi connectivity index (χ0) is 18.0. The monoisotopic (exact) mass is 339 g/mol. The minimum Gasteiger partial charge on any atom is -0.381 e. The molecule has 7 heteroatoms. The van der Waals surface area contributed by atoms with E-state index in [1.807, 2.05) is 0 Å². The normalized spacial score (nSPS) is 11.4. The average molecular weight is 339 g/mol. The molecule has 0 unspecified atom stereocenters. The van der Waals surface area contributed by atoms with Crippen molar-refractivity contribution >= 4 is 23.1 Å². The van der Waals surface area contributed by atoms with E-state index in [1.54, 1.807) is 10.7 Å². The Morgan fingerprint density at radius 1 is 1.16 bits per heavy atom. The summed E-state index contributed by atoms with van der Waals surface area (Å²) in [6.45, 7) is 5.15. The summed E-state index contributed by atoms with van der Waals surface area (Å²) < 4.78 is 1.79. The van der Waals surface area contributed by atoms with Crippen molar-refractivity contribution in [2.24, 2.45) is 0 Å². The topological polar surface area (TPSA) is 84.4 Å². The van der Waals surface area contributed by atoms with Gasteiger partial charge >= 0.3 is 0 Å². The summed E-state index contributed by atoms with van der Waals surface area (Å²) in [5, 5.41) is 7.86. The minimum absolute atomic E-state index is 0.386. The van der Waals surface area contributed by atoms with Crippen LogP contribution in [0.1, 0.15) is 23.2 Å². The van der Waals surface area contributed by atoms with E-state index < -0.39 is 0 Å². The van der Waals surface area contributed by atoms with Gasteiger partial charge in [0.25, 0.3) is 0 Å². The minimum atomic E-state index is 0.386. The van der Waals surface area contributed by atoms with Crippen LogP contribution in [0.2, 0.25) is 0 Å². The number of aromatic nitrogens is 4. The molecule has 132 valence electrons. The van der Waals surface area contributed by atoms with Crippen LogP contribution < -0.4 is 11.1 Å². The Morgan fingerprint density at radius 3 is 2.56 bits per heavy atom. The number of nitrogens with zero attached hydrogens (tertiary/aromatic N) is 5. The molecule has 0 radical (unpaired) electrons. The molecule has 3 N–H and O–H groups in total. The lowest BCUT2D eigenvalue weighted by atomic mass is 10.1. The van der Waals surface area contributed by atoms with Gasteiger partial charge in [0, 0.05) is 5.69 Å². The van der Waals surface area contributed by atoms with Crippen molar-refractivity contribution in [2.75, 3.05) is 31.7 Å². The second-order valence-electron chi connectivity index (χ2n) is 6.71. The Morgan fingerprint density at radius 2 is 1.88 bits per heavy atom. The molecule has 0 atom stereocenters. The third kappa shape index (κ3) is 4.06. The maximum Gasteiger partial charge on any atom is 0.247 e. The fourth-order valence-corrected chi connectivity index (χ4v) is 2.91. The van der Waals surface area contributed by atoms with Gasteiger partial charge in [-0.3, -0.25) is 0 Å². The van der Waals surface area contributed by atoms with Gasteiger partial charge in [-0.1, -0.05) is 6.07 Å². The first kappa shape index (κ1) is 17.2. The standard InChI is InChI=1S/C18H25N7/c1-12-8-13(2)10-14(9-12)21-18-22-17-16(19)20-11-15(25(17)23-18)6-5-7-24(3)4/h8-11H,5-7H2,1-4H3,(H2,19,20)(H,21,23). The third-order valence-electron chi connectivity index (χ3n) is 3.98. The van der Waals surface area contributed by atoms with E-state index in [0.29, 0.717) is 17.4 Å². The number of nitrogen functional groups attached to an aromatic ring is 1. The van der Waals surface area contributed by atoms with Gasteiger partial charge in [-0.25, -0.2) is 9.50 Å². The first-order valence-electron chi connectivity index (χ1n) is 8.42. The first-order chi connectivity index (χ1) is 11.9. The quantitative estimate of drug-likeness (QED) is 0.718. The van der Waals surface area contributed by atoms with Crippen LogP contribution in [0.25, 0.3) is 5.65 Å². The van der Waals surface area contributed by atoms with Gasteiger partial charge in [0.15, 0.2) is 11.5 Å². The number of aryl methyl sites for hydroxylation is 3.